The van der Waals surface area contributed by atoms with Crippen LogP contribution < -0.4 is 10.1 Å². The lowest BCUT2D eigenvalue weighted by molar-refractivity contribution is -0.143. The topological polar surface area (TPSA) is 78.9 Å². The van der Waals surface area contributed by atoms with Gasteiger partial charge in [0.2, 0.25) is 0 Å². The van der Waals surface area contributed by atoms with Gasteiger partial charge < -0.3 is 20.1 Å². The first kappa shape index (κ1) is 17.8. The number of carboxylic acids is 1. The van der Waals surface area contributed by atoms with Crippen LogP contribution in [0.4, 0.5) is 11.4 Å². The molecule has 1 aliphatic heterocycles. The average molecular weight is 354 g/mol. The minimum atomic E-state index is -0.780. The lowest BCUT2D eigenvalue weighted by atomic mass is 9.96. The Kier molecular flexibility index (Phi) is 5.41. The number of aliphatic carboxylic acids is 1. The highest BCUT2D eigenvalue weighted by atomic mass is 16.5. The maximum atomic E-state index is 12.9. The van der Waals surface area contributed by atoms with Crippen LogP contribution in [0.2, 0.25) is 0 Å². The van der Waals surface area contributed by atoms with Crippen molar-refractivity contribution in [1.82, 2.24) is 4.90 Å². The Morgan fingerprint density at radius 1 is 1.12 bits per heavy atom. The van der Waals surface area contributed by atoms with Crippen molar-refractivity contribution in [3.8, 4) is 5.75 Å². The summed E-state index contributed by atoms with van der Waals surface area (Å²) in [6, 6.07) is 14.8. The predicted octanol–water partition coefficient (Wildman–Crippen LogP) is 3.38. The second-order valence-electron chi connectivity index (χ2n) is 6.31. The van der Waals surface area contributed by atoms with Gasteiger partial charge >= 0.3 is 5.97 Å². The van der Waals surface area contributed by atoms with E-state index in [0.717, 1.165) is 11.4 Å². The second-order valence-corrected chi connectivity index (χ2v) is 6.31. The lowest BCUT2D eigenvalue weighted by Gasteiger charge is -2.30. The minimum Gasteiger partial charge on any atom is -0.497 e. The van der Waals surface area contributed by atoms with Crippen LogP contribution in [0.5, 0.6) is 5.75 Å². The van der Waals surface area contributed by atoms with Crippen LogP contribution in [-0.4, -0.2) is 42.1 Å². The van der Waals surface area contributed by atoms with Gasteiger partial charge in [-0.05, 0) is 37.1 Å². The average Bonchev–Trinajstić information content (AvgIpc) is 2.68. The highest BCUT2D eigenvalue weighted by molar-refractivity contribution is 6.00. The minimum absolute atomic E-state index is 0.0835. The number of hydrogen-bond acceptors (Lipinski definition) is 4. The van der Waals surface area contributed by atoms with E-state index in [1.165, 1.54) is 0 Å². The number of amides is 1. The molecule has 26 heavy (non-hydrogen) atoms. The zero-order chi connectivity index (χ0) is 18.5. The van der Waals surface area contributed by atoms with Crippen molar-refractivity contribution in [2.75, 3.05) is 25.5 Å². The molecule has 1 fully saturated rings. The molecule has 0 aliphatic carbocycles. The normalized spacial score (nSPS) is 14.7. The number of carboxylic acid groups (broad SMARTS) is 1. The van der Waals surface area contributed by atoms with Gasteiger partial charge in [-0.3, -0.25) is 9.59 Å². The molecule has 2 aromatic rings. The summed E-state index contributed by atoms with van der Waals surface area (Å²) < 4.78 is 5.23. The molecular weight excluding hydrogens is 332 g/mol. The molecule has 6 nitrogen and oxygen atoms in total. The van der Waals surface area contributed by atoms with Gasteiger partial charge in [0.1, 0.15) is 5.75 Å². The first-order valence-electron chi connectivity index (χ1n) is 8.60. The first-order valence-corrected chi connectivity index (χ1v) is 8.60. The summed E-state index contributed by atoms with van der Waals surface area (Å²) in [6.45, 7) is 0.923. The number of ether oxygens (including phenoxy) is 1. The van der Waals surface area contributed by atoms with Gasteiger partial charge in [0.15, 0.2) is 0 Å². The van der Waals surface area contributed by atoms with Crippen LogP contribution in [0.1, 0.15) is 23.2 Å². The molecule has 136 valence electrons. The van der Waals surface area contributed by atoms with Crippen LogP contribution in [0.15, 0.2) is 48.5 Å². The molecule has 0 atom stereocenters. The Hall–Kier alpha value is -3.02. The van der Waals surface area contributed by atoms with Crippen LogP contribution in [0.3, 0.4) is 0 Å². The van der Waals surface area contributed by atoms with Crippen LogP contribution in [0.25, 0.3) is 0 Å². The number of methoxy groups -OCH3 is 1. The molecule has 0 unspecified atom stereocenters. The quantitative estimate of drug-likeness (QED) is 0.861. The zero-order valence-corrected chi connectivity index (χ0v) is 14.6. The number of para-hydroxylation sites is 1. The Morgan fingerprint density at radius 2 is 1.85 bits per heavy atom. The number of nitrogens with zero attached hydrogens (tertiary/aromatic N) is 1. The molecule has 1 aliphatic rings. The number of rotatable bonds is 5. The fourth-order valence-electron chi connectivity index (χ4n) is 3.13. The number of benzene rings is 2. The van der Waals surface area contributed by atoms with Crippen LogP contribution >= 0.6 is 0 Å². The number of anilines is 2. The van der Waals surface area contributed by atoms with Gasteiger partial charge in [0.25, 0.3) is 5.91 Å². The highest BCUT2D eigenvalue weighted by Crippen LogP contribution is 2.26. The maximum Gasteiger partial charge on any atom is 0.306 e. The summed E-state index contributed by atoms with van der Waals surface area (Å²) in [4.78, 5) is 25.7. The number of nitrogens with one attached hydrogen (secondary N) is 1. The van der Waals surface area contributed by atoms with E-state index < -0.39 is 5.97 Å². The van der Waals surface area contributed by atoms with Crippen molar-refractivity contribution in [3.63, 3.8) is 0 Å². The molecule has 6 heteroatoms. The third kappa shape index (κ3) is 3.96. The van der Waals surface area contributed by atoms with Gasteiger partial charge in [0.05, 0.1) is 24.3 Å². The highest BCUT2D eigenvalue weighted by Gasteiger charge is 2.28. The molecule has 1 saturated heterocycles. The predicted molar refractivity (Wildman–Crippen MR) is 99.0 cm³/mol. The smallest absolute Gasteiger partial charge is 0.306 e. The zero-order valence-electron chi connectivity index (χ0n) is 14.6. The van der Waals surface area contributed by atoms with E-state index in [9.17, 15) is 9.59 Å². The van der Waals surface area contributed by atoms with Crippen molar-refractivity contribution in [2.45, 2.75) is 12.8 Å². The summed E-state index contributed by atoms with van der Waals surface area (Å²) in [5.74, 6) is -0.490. The molecule has 0 aromatic heterocycles. The monoisotopic (exact) mass is 354 g/mol. The molecule has 0 saturated carbocycles. The number of hydrogen-bond donors (Lipinski definition) is 2. The second kappa shape index (κ2) is 7.91. The Bertz CT molecular complexity index is 798. The molecule has 0 radical (unpaired) electrons. The van der Waals surface area contributed by atoms with Crippen molar-refractivity contribution < 1.29 is 19.4 Å². The summed E-state index contributed by atoms with van der Waals surface area (Å²) in [5.41, 5.74) is 2.12. The van der Waals surface area contributed by atoms with Gasteiger partial charge in [0, 0.05) is 24.8 Å². The van der Waals surface area contributed by atoms with E-state index in [-0.39, 0.29) is 11.8 Å². The first-order chi connectivity index (χ1) is 12.6. The summed E-state index contributed by atoms with van der Waals surface area (Å²) >= 11 is 0. The molecule has 0 bridgehead atoms. The van der Waals surface area contributed by atoms with Crippen LogP contribution in [0, 0.1) is 5.92 Å². The number of carbonyl (C=O) groups is 2. The summed E-state index contributed by atoms with van der Waals surface area (Å²) in [6.07, 6.45) is 0.985. The van der Waals surface area contributed by atoms with Gasteiger partial charge in [-0.15, -0.1) is 0 Å². The van der Waals surface area contributed by atoms with E-state index in [1.807, 2.05) is 42.5 Å². The maximum absolute atomic E-state index is 12.9. The third-order valence-corrected chi connectivity index (χ3v) is 4.64. The molecule has 1 heterocycles. The lowest BCUT2D eigenvalue weighted by Crippen LogP contribution is -2.40. The molecule has 3 rings (SSSR count). The fraction of sp³-hybridized carbons (Fsp3) is 0.300. The van der Waals surface area contributed by atoms with E-state index in [1.54, 1.807) is 18.1 Å². The van der Waals surface area contributed by atoms with Gasteiger partial charge in [-0.25, -0.2) is 0 Å². The standard InChI is InChI=1S/C20H22N2O4/c1-26-16-6-4-5-15(13-16)21-18-8-3-2-7-17(18)19(23)22-11-9-14(10-12-22)20(24)25/h2-8,13-14,21H,9-12H2,1H3,(H,24,25). The Labute approximate surface area is 152 Å². The van der Waals surface area contributed by atoms with Crippen molar-refractivity contribution in [1.29, 1.82) is 0 Å². The summed E-state index contributed by atoms with van der Waals surface area (Å²) in [5, 5.41) is 12.4. The molecule has 1 amide bonds. The Morgan fingerprint density at radius 3 is 2.54 bits per heavy atom. The SMILES string of the molecule is COc1cccc(Nc2ccccc2C(=O)N2CCC(C(=O)O)CC2)c1. The van der Waals surface area contributed by atoms with Crippen molar-refractivity contribution in [3.05, 3.63) is 54.1 Å². The molecule has 2 N–H and O–H groups in total. The van der Waals surface area contributed by atoms with E-state index in [0.29, 0.717) is 37.2 Å². The Balaban J connectivity index is 1.76. The van der Waals surface area contributed by atoms with E-state index in [4.69, 9.17) is 9.84 Å². The molecular formula is C20H22N2O4. The number of piperidine rings is 1. The van der Waals surface area contributed by atoms with E-state index >= 15 is 0 Å². The summed E-state index contributed by atoms with van der Waals surface area (Å²) in [7, 11) is 1.61. The molecule has 0 spiro atoms. The van der Waals surface area contributed by atoms with Gasteiger partial charge in [-0.1, -0.05) is 18.2 Å². The van der Waals surface area contributed by atoms with Crippen molar-refractivity contribution in [2.24, 2.45) is 5.92 Å². The molecule has 2 aromatic carbocycles. The number of likely N-dealkylation sites (tertiary alicyclic amines) is 1. The van der Waals surface area contributed by atoms with Crippen molar-refractivity contribution >= 4 is 23.3 Å². The van der Waals surface area contributed by atoms with E-state index in [2.05, 4.69) is 5.32 Å². The fourth-order valence-corrected chi connectivity index (χ4v) is 3.13. The van der Waals surface area contributed by atoms with Crippen LogP contribution in [-0.2, 0) is 4.79 Å². The van der Waals surface area contributed by atoms with Gasteiger partial charge in [-0.2, -0.15) is 0 Å². The largest absolute Gasteiger partial charge is 0.497 e. The number of carbonyl (C=O) groups excluding carboxylic acids is 1. The third-order valence-electron chi connectivity index (χ3n) is 4.64.